The van der Waals surface area contributed by atoms with Crippen molar-refractivity contribution in [2.45, 2.75) is 32.4 Å². The van der Waals surface area contributed by atoms with E-state index in [-0.39, 0.29) is 5.92 Å². The molecule has 0 saturated heterocycles. The van der Waals surface area contributed by atoms with Crippen LogP contribution in [0.5, 0.6) is 0 Å². The van der Waals surface area contributed by atoms with E-state index in [1.807, 2.05) is 30.3 Å². The first-order chi connectivity index (χ1) is 12.1. The van der Waals surface area contributed by atoms with Gasteiger partial charge in [0, 0.05) is 18.7 Å². The van der Waals surface area contributed by atoms with Gasteiger partial charge in [-0.15, -0.1) is 0 Å². The number of hydrogen-bond donors (Lipinski definition) is 2. The smallest absolute Gasteiger partial charge is 0.137 e. The number of benzene rings is 1. The van der Waals surface area contributed by atoms with E-state index in [9.17, 15) is 5.11 Å². The summed E-state index contributed by atoms with van der Waals surface area (Å²) in [6.45, 7) is 5.08. The van der Waals surface area contributed by atoms with E-state index >= 15 is 0 Å². The summed E-state index contributed by atoms with van der Waals surface area (Å²) in [7, 11) is 0. The van der Waals surface area contributed by atoms with Crippen molar-refractivity contribution in [1.29, 1.82) is 0 Å². The minimum Gasteiger partial charge on any atom is -0.467 e. The van der Waals surface area contributed by atoms with Gasteiger partial charge in [-0.1, -0.05) is 43.6 Å². The molecule has 0 aliphatic heterocycles. The fraction of sp³-hybridized carbons (Fsp3) is 0.316. The number of nitrogens with zero attached hydrogens (tertiary/aromatic N) is 2. The first kappa shape index (κ1) is 17.7. The number of halogens is 1. The highest BCUT2D eigenvalue weighted by Gasteiger charge is 2.20. The Morgan fingerprint density at radius 2 is 1.96 bits per heavy atom. The maximum absolute atomic E-state index is 10.1. The standard InChI is InChI=1S/C19H22ClN3O2/c1-13(2)18-15(11-21-12-16(24)17-9-6-10-25-17)19(20)23(22-18)14-7-4-3-5-8-14/h3-10,13,16,21,24H,11-12H2,1-2H3. The Morgan fingerprint density at radius 1 is 1.20 bits per heavy atom. The number of hydrogen-bond acceptors (Lipinski definition) is 4. The minimum atomic E-state index is -0.694. The fourth-order valence-electron chi connectivity index (χ4n) is 2.73. The van der Waals surface area contributed by atoms with Gasteiger partial charge >= 0.3 is 0 Å². The zero-order chi connectivity index (χ0) is 17.8. The van der Waals surface area contributed by atoms with E-state index in [1.165, 1.54) is 0 Å². The SMILES string of the molecule is CC(C)c1nn(-c2ccccc2)c(Cl)c1CNCC(O)c1ccco1. The summed E-state index contributed by atoms with van der Waals surface area (Å²) in [5.41, 5.74) is 2.83. The second-order valence-electron chi connectivity index (χ2n) is 6.22. The lowest BCUT2D eigenvalue weighted by atomic mass is 10.1. The van der Waals surface area contributed by atoms with Crippen LogP contribution >= 0.6 is 11.6 Å². The molecule has 2 aromatic heterocycles. The maximum Gasteiger partial charge on any atom is 0.137 e. The molecule has 1 aromatic carbocycles. The number of rotatable bonds is 7. The molecule has 2 heterocycles. The summed E-state index contributed by atoms with van der Waals surface area (Å²) in [4.78, 5) is 0. The summed E-state index contributed by atoms with van der Waals surface area (Å²) >= 11 is 6.60. The Hall–Kier alpha value is -2.08. The van der Waals surface area contributed by atoms with Crippen molar-refractivity contribution < 1.29 is 9.52 Å². The van der Waals surface area contributed by atoms with E-state index in [2.05, 4.69) is 19.2 Å². The monoisotopic (exact) mass is 359 g/mol. The van der Waals surface area contributed by atoms with Gasteiger partial charge in [0.2, 0.25) is 0 Å². The molecule has 3 rings (SSSR count). The van der Waals surface area contributed by atoms with Gasteiger partial charge in [0.15, 0.2) is 0 Å². The molecule has 0 aliphatic carbocycles. The van der Waals surface area contributed by atoms with Gasteiger partial charge in [0.05, 0.1) is 17.6 Å². The van der Waals surface area contributed by atoms with Crippen LogP contribution in [0.2, 0.25) is 5.15 Å². The second kappa shape index (κ2) is 7.87. The Morgan fingerprint density at radius 3 is 2.60 bits per heavy atom. The predicted molar refractivity (Wildman–Crippen MR) is 98.0 cm³/mol. The van der Waals surface area contributed by atoms with E-state index < -0.39 is 6.10 Å². The molecule has 0 aliphatic rings. The first-order valence-electron chi connectivity index (χ1n) is 8.32. The molecule has 0 radical (unpaired) electrons. The van der Waals surface area contributed by atoms with Crippen molar-refractivity contribution in [3.63, 3.8) is 0 Å². The topological polar surface area (TPSA) is 63.2 Å². The number of para-hydroxylation sites is 1. The highest BCUT2D eigenvalue weighted by atomic mass is 35.5. The second-order valence-corrected chi connectivity index (χ2v) is 6.58. The van der Waals surface area contributed by atoms with Crippen molar-refractivity contribution in [2.75, 3.05) is 6.54 Å². The normalized spacial score (nSPS) is 12.7. The van der Waals surface area contributed by atoms with Crippen LogP contribution in [-0.2, 0) is 6.54 Å². The third kappa shape index (κ3) is 3.95. The summed E-state index contributed by atoms with van der Waals surface area (Å²) in [6, 6.07) is 13.3. The van der Waals surface area contributed by atoms with E-state index in [0.29, 0.717) is 24.0 Å². The lowest BCUT2D eigenvalue weighted by Gasteiger charge is -2.11. The molecule has 1 atom stereocenters. The van der Waals surface area contributed by atoms with Gasteiger partial charge in [-0.3, -0.25) is 0 Å². The number of aliphatic hydroxyl groups is 1. The molecule has 132 valence electrons. The van der Waals surface area contributed by atoms with Gasteiger partial charge in [-0.25, -0.2) is 4.68 Å². The Bertz CT molecular complexity index is 798. The zero-order valence-corrected chi connectivity index (χ0v) is 15.1. The molecular formula is C19H22ClN3O2. The van der Waals surface area contributed by atoms with Crippen LogP contribution < -0.4 is 5.32 Å². The van der Waals surface area contributed by atoms with Crippen LogP contribution in [0.1, 0.15) is 42.9 Å². The molecule has 6 heteroatoms. The molecule has 3 aromatic rings. The molecule has 0 bridgehead atoms. The average molecular weight is 360 g/mol. The highest BCUT2D eigenvalue weighted by molar-refractivity contribution is 6.30. The van der Waals surface area contributed by atoms with Crippen LogP contribution in [-0.4, -0.2) is 21.4 Å². The summed E-state index contributed by atoms with van der Waals surface area (Å²) in [5, 5.41) is 18.6. The van der Waals surface area contributed by atoms with E-state index in [0.717, 1.165) is 16.9 Å². The van der Waals surface area contributed by atoms with Crippen LogP contribution in [0.3, 0.4) is 0 Å². The van der Waals surface area contributed by atoms with Gasteiger partial charge in [0.1, 0.15) is 17.0 Å². The Labute approximate surface area is 152 Å². The van der Waals surface area contributed by atoms with E-state index in [1.54, 1.807) is 23.1 Å². The summed E-state index contributed by atoms with van der Waals surface area (Å²) < 4.78 is 6.97. The third-order valence-corrected chi connectivity index (χ3v) is 4.40. The van der Waals surface area contributed by atoms with Gasteiger partial charge in [-0.05, 0) is 30.2 Å². The number of aromatic nitrogens is 2. The maximum atomic E-state index is 10.1. The fourth-order valence-corrected chi connectivity index (χ4v) is 3.03. The molecule has 2 N–H and O–H groups in total. The lowest BCUT2D eigenvalue weighted by molar-refractivity contribution is 0.147. The van der Waals surface area contributed by atoms with Gasteiger partial charge in [-0.2, -0.15) is 5.10 Å². The molecule has 0 saturated carbocycles. The third-order valence-electron chi connectivity index (χ3n) is 4.01. The van der Waals surface area contributed by atoms with Crippen molar-refractivity contribution >= 4 is 11.6 Å². The molecule has 25 heavy (non-hydrogen) atoms. The molecule has 0 fully saturated rings. The largest absolute Gasteiger partial charge is 0.467 e. The first-order valence-corrected chi connectivity index (χ1v) is 8.70. The predicted octanol–water partition coefficient (Wildman–Crippen LogP) is 4.07. The molecule has 0 spiro atoms. The quantitative estimate of drug-likeness (QED) is 0.667. The number of nitrogens with one attached hydrogen (secondary N) is 1. The molecule has 1 unspecified atom stereocenters. The molecular weight excluding hydrogens is 338 g/mol. The highest BCUT2D eigenvalue weighted by Crippen LogP contribution is 2.28. The number of aliphatic hydroxyl groups excluding tert-OH is 1. The minimum absolute atomic E-state index is 0.245. The Balaban J connectivity index is 1.77. The van der Waals surface area contributed by atoms with Crippen molar-refractivity contribution in [1.82, 2.24) is 15.1 Å². The van der Waals surface area contributed by atoms with Crippen molar-refractivity contribution in [3.05, 3.63) is 70.9 Å². The van der Waals surface area contributed by atoms with Gasteiger partial charge < -0.3 is 14.8 Å². The lowest BCUT2D eigenvalue weighted by Crippen LogP contribution is -2.21. The molecule has 5 nitrogen and oxygen atoms in total. The van der Waals surface area contributed by atoms with Crippen molar-refractivity contribution in [3.8, 4) is 5.69 Å². The van der Waals surface area contributed by atoms with Gasteiger partial charge in [0.25, 0.3) is 0 Å². The zero-order valence-electron chi connectivity index (χ0n) is 14.3. The number of furan rings is 1. The Kier molecular flexibility index (Phi) is 5.58. The van der Waals surface area contributed by atoms with Crippen LogP contribution in [0, 0.1) is 0 Å². The van der Waals surface area contributed by atoms with Crippen LogP contribution in [0.15, 0.2) is 53.1 Å². The van der Waals surface area contributed by atoms with Crippen molar-refractivity contribution in [2.24, 2.45) is 0 Å². The van der Waals surface area contributed by atoms with E-state index in [4.69, 9.17) is 21.1 Å². The average Bonchev–Trinajstić information content (AvgIpc) is 3.25. The van der Waals surface area contributed by atoms with Crippen LogP contribution in [0.25, 0.3) is 5.69 Å². The summed E-state index contributed by atoms with van der Waals surface area (Å²) in [5.74, 6) is 0.789. The van der Waals surface area contributed by atoms with Crippen LogP contribution in [0.4, 0.5) is 0 Å². The summed E-state index contributed by atoms with van der Waals surface area (Å²) in [6.07, 6.45) is 0.858. The molecule has 0 amide bonds.